The topological polar surface area (TPSA) is 0 Å². The lowest BCUT2D eigenvalue weighted by atomic mass is 10.1. The molecular weight excluding hydrogens is 360 g/mol. The maximum Gasteiger partial charge on any atom is 0.0504 e. The van der Waals surface area contributed by atoms with Crippen LogP contribution in [0.2, 0.25) is 0 Å². The Morgan fingerprint density at radius 2 is 1.29 bits per heavy atom. The summed E-state index contributed by atoms with van der Waals surface area (Å²) in [5, 5.41) is 5.55. The number of thiophene rings is 2. The zero-order valence-electron chi connectivity index (χ0n) is 10.9. The van der Waals surface area contributed by atoms with Crippen LogP contribution in [0.3, 0.4) is 0 Å². The van der Waals surface area contributed by atoms with E-state index >= 15 is 0 Å². The van der Waals surface area contributed by atoms with E-state index in [1.165, 1.54) is 44.8 Å². The van der Waals surface area contributed by atoms with Gasteiger partial charge in [0.15, 0.2) is 0 Å². The highest BCUT2D eigenvalue weighted by Crippen LogP contribution is 2.47. The van der Waals surface area contributed by atoms with Gasteiger partial charge < -0.3 is 0 Å². The van der Waals surface area contributed by atoms with Crippen LogP contribution < -0.4 is 0 Å². The highest BCUT2D eigenvalue weighted by atomic mass is 79.9. The van der Waals surface area contributed by atoms with E-state index in [-0.39, 0.29) is 0 Å². The van der Waals surface area contributed by atoms with Crippen LogP contribution in [-0.2, 0) is 0 Å². The van der Waals surface area contributed by atoms with Gasteiger partial charge in [0.05, 0.1) is 4.70 Å². The summed E-state index contributed by atoms with van der Waals surface area (Å²) in [6.45, 7) is 0. The van der Waals surface area contributed by atoms with Crippen LogP contribution >= 0.6 is 38.6 Å². The first-order chi connectivity index (χ1) is 10.3. The Morgan fingerprint density at radius 1 is 0.667 bits per heavy atom. The van der Waals surface area contributed by atoms with Gasteiger partial charge in [0.2, 0.25) is 0 Å². The van der Waals surface area contributed by atoms with E-state index in [9.17, 15) is 0 Å². The van der Waals surface area contributed by atoms with Crippen LogP contribution in [-0.4, -0.2) is 0 Å². The molecule has 3 heteroatoms. The van der Waals surface area contributed by atoms with Gasteiger partial charge in [-0.25, -0.2) is 0 Å². The number of fused-ring (bicyclic) bond motifs is 7. The summed E-state index contributed by atoms with van der Waals surface area (Å²) in [5.74, 6) is 0. The molecule has 3 aromatic carbocycles. The first kappa shape index (κ1) is 12.2. The highest BCUT2D eigenvalue weighted by Gasteiger charge is 2.15. The molecule has 0 spiro atoms. The third kappa shape index (κ3) is 1.60. The highest BCUT2D eigenvalue weighted by molar-refractivity contribution is 9.10. The van der Waals surface area contributed by atoms with Gasteiger partial charge in [-0.15, -0.1) is 22.7 Å². The molecule has 100 valence electrons. The van der Waals surface area contributed by atoms with E-state index in [1.54, 1.807) is 0 Å². The van der Waals surface area contributed by atoms with Crippen molar-refractivity contribution in [2.24, 2.45) is 0 Å². The van der Waals surface area contributed by atoms with Crippen molar-refractivity contribution in [3.63, 3.8) is 0 Å². The summed E-state index contributed by atoms with van der Waals surface area (Å²) in [6, 6.07) is 19.7. The van der Waals surface area contributed by atoms with E-state index < -0.39 is 0 Å². The van der Waals surface area contributed by atoms with Crippen LogP contribution in [0.25, 0.3) is 40.3 Å². The Bertz CT molecular complexity index is 1150. The minimum atomic E-state index is 1.21. The molecule has 0 saturated heterocycles. The Kier molecular flexibility index (Phi) is 2.48. The molecule has 0 unspecified atom stereocenters. The van der Waals surface area contributed by atoms with Gasteiger partial charge in [-0.3, -0.25) is 0 Å². The Hall–Kier alpha value is -1.42. The van der Waals surface area contributed by atoms with Crippen molar-refractivity contribution in [2.75, 3.05) is 0 Å². The second kappa shape index (κ2) is 4.29. The van der Waals surface area contributed by atoms with Gasteiger partial charge in [0, 0.05) is 40.1 Å². The minimum Gasteiger partial charge on any atom is -0.135 e. The van der Waals surface area contributed by atoms with Crippen molar-refractivity contribution in [2.45, 2.75) is 0 Å². The van der Waals surface area contributed by atoms with Crippen molar-refractivity contribution < 1.29 is 0 Å². The fourth-order valence-electron chi connectivity index (χ4n) is 3.07. The Morgan fingerprint density at radius 3 is 2.05 bits per heavy atom. The summed E-state index contributed by atoms with van der Waals surface area (Å²) < 4.78 is 6.64. The summed E-state index contributed by atoms with van der Waals surface area (Å²) >= 11 is 7.52. The van der Waals surface area contributed by atoms with Gasteiger partial charge in [-0.2, -0.15) is 0 Å². The van der Waals surface area contributed by atoms with E-state index in [4.69, 9.17) is 0 Å². The smallest absolute Gasteiger partial charge is 0.0504 e. The monoisotopic (exact) mass is 368 g/mol. The number of hydrogen-bond donors (Lipinski definition) is 0. The van der Waals surface area contributed by atoms with E-state index in [1.807, 2.05) is 22.7 Å². The number of hydrogen-bond acceptors (Lipinski definition) is 2. The summed E-state index contributed by atoms with van der Waals surface area (Å²) in [6.07, 6.45) is 0. The molecule has 0 aliphatic carbocycles. The number of halogens is 1. The molecule has 0 amide bonds. The van der Waals surface area contributed by atoms with E-state index in [2.05, 4.69) is 70.5 Å². The molecule has 5 aromatic rings. The lowest BCUT2D eigenvalue weighted by molar-refractivity contribution is 1.86. The number of benzene rings is 3. The molecule has 0 atom stereocenters. The van der Waals surface area contributed by atoms with Crippen molar-refractivity contribution in [3.8, 4) is 0 Å². The Balaban J connectivity index is 2.21. The molecular formula is C18H9BrS2. The van der Waals surface area contributed by atoms with Gasteiger partial charge in [0.1, 0.15) is 0 Å². The quantitative estimate of drug-likeness (QED) is 0.271. The fourth-order valence-corrected chi connectivity index (χ4v) is 6.16. The molecule has 0 N–H and O–H groups in total. The van der Waals surface area contributed by atoms with E-state index in [0.717, 1.165) is 0 Å². The summed E-state index contributed by atoms with van der Waals surface area (Å²) in [4.78, 5) is 0. The maximum absolute atomic E-state index is 3.77. The van der Waals surface area contributed by atoms with Gasteiger partial charge in [0.25, 0.3) is 0 Å². The predicted molar refractivity (Wildman–Crippen MR) is 99.9 cm³/mol. The van der Waals surface area contributed by atoms with Gasteiger partial charge >= 0.3 is 0 Å². The van der Waals surface area contributed by atoms with Crippen LogP contribution in [0, 0.1) is 0 Å². The zero-order chi connectivity index (χ0) is 14.0. The first-order valence-corrected chi connectivity index (χ1v) is 9.16. The molecule has 0 fully saturated rings. The molecule has 5 rings (SSSR count). The molecule has 21 heavy (non-hydrogen) atoms. The van der Waals surface area contributed by atoms with E-state index in [0.29, 0.717) is 0 Å². The third-order valence-corrected chi connectivity index (χ3v) is 7.15. The average molecular weight is 369 g/mol. The normalized spacial score (nSPS) is 12.0. The Labute approximate surface area is 137 Å². The molecule has 0 bridgehead atoms. The SMILES string of the molecule is Brc1cc2sc3ccccc3c2c2c1sc1ccccc12. The van der Waals surface area contributed by atoms with Crippen molar-refractivity contribution in [1.82, 2.24) is 0 Å². The van der Waals surface area contributed by atoms with Crippen molar-refractivity contribution in [3.05, 3.63) is 59.1 Å². The third-order valence-electron chi connectivity index (χ3n) is 3.94. The molecule has 2 heterocycles. The number of rotatable bonds is 0. The van der Waals surface area contributed by atoms with Crippen molar-refractivity contribution >= 4 is 78.9 Å². The van der Waals surface area contributed by atoms with Crippen LogP contribution in [0.15, 0.2) is 59.1 Å². The van der Waals surface area contributed by atoms with Crippen LogP contribution in [0.5, 0.6) is 0 Å². The summed E-state index contributed by atoms with van der Waals surface area (Å²) in [7, 11) is 0. The zero-order valence-corrected chi connectivity index (χ0v) is 14.1. The second-order valence-electron chi connectivity index (χ2n) is 5.13. The largest absolute Gasteiger partial charge is 0.135 e. The van der Waals surface area contributed by atoms with Crippen LogP contribution in [0.4, 0.5) is 0 Å². The van der Waals surface area contributed by atoms with Crippen molar-refractivity contribution in [1.29, 1.82) is 0 Å². The molecule has 0 aliphatic rings. The molecule has 0 saturated carbocycles. The lowest BCUT2D eigenvalue weighted by Gasteiger charge is -1.99. The average Bonchev–Trinajstić information content (AvgIpc) is 3.05. The lowest BCUT2D eigenvalue weighted by Crippen LogP contribution is -1.72. The fraction of sp³-hybridized carbons (Fsp3) is 0. The minimum absolute atomic E-state index is 1.21. The van der Waals surface area contributed by atoms with Crippen LogP contribution in [0.1, 0.15) is 0 Å². The molecule has 0 nitrogen and oxygen atoms in total. The second-order valence-corrected chi connectivity index (χ2v) is 8.12. The van der Waals surface area contributed by atoms with Gasteiger partial charge in [-0.1, -0.05) is 36.4 Å². The van der Waals surface area contributed by atoms with Gasteiger partial charge in [-0.05, 0) is 34.1 Å². The predicted octanol–water partition coefficient (Wildman–Crippen LogP) is 7.18. The molecule has 0 aliphatic heterocycles. The maximum atomic E-state index is 3.77. The summed E-state index contributed by atoms with van der Waals surface area (Å²) in [5.41, 5.74) is 0. The standard InChI is InChI=1S/C18H9BrS2/c19-12-9-15-16(10-5-1-3-7-13(10)20-15)17-11-6-2-4-8-14(11)21-18(12)17/h1-9H. The molecule has 0 radical (unpaired) electrons. The first-order valence-electron chi connectivity index (χ1n) is 6.74. The molecule has 2 aromatic heterocycles.